The van der Waals surface area contributed by atoms with Gasteiger partial charge in [0.05, 0.1) is 5.88 Å². The van der Waals surface area contributed by atoms with E-state index in [0.717, 1.165) is 25.9 Å². The Hall–Kier alpha value is -0.910. The number of hydrogen-bond donors (Lipinski definition) is 1. The largest absolute Gasteiger partial charge is 0.480 e. The molecule has 2 rings (SSSR count). The second-order valence-corrected chi connectivity index (χ2v) is 5.15. The fourth-order valence-corrected chi connectivity index (χ4v) is 3.24. The van der Waals surface area contributed by atoms with E-state index in [0.29, 0.717) is 11.6 Å². The van der Waals surface area contributed by atoms with Crippen LogP contribution >= 0.6 is 11.8 Å². The zero-order valence-electron chi connectivity index (χ0n) is 9.09. The van der Waals surface area contributed by atoms with Crippen LogP contribution in [0.1, 0.15) is 19.3 Å². The van der Waals surface area contributed by atoms with Crippen LogP contribution in [0.4, 0.5) is 4.79 Å². The molecule has 0 unspecified atom stereocenters. The SMILES string of the molecule is O=C(O)[C@@H]1CSCN1C(=O)N1CCCCC1. The third-order valence-electron chi connectivity index (χ3n) is 3.04. The maximum atomic E-state index is 12.1. The van der Waals surface area contributed by atoms with Gasteiger partial charge in [-0.05, 0) is 19.3 Å². The van der Waals surface area contributed by atoms with Crippen LogP contribution < -0.4 is 0 Å². The van der Waals surface area contributed by atoms with Gasteiger partial charge in [-0.2, -0.15) is 0 Å². The molecule has 0 aliphatic carbocycles. The lowest BCUT2D eigenvalue weighted by Crippen LogP contribution is -2.50. The van der Waals surface area contributed by atoms with Gasteiger partial charge in [-0.1, -0.05) is 0 Å². The van der Waals surface area contributed by atoms with Crippen LogP contribution in [0.2, 0.25) is 0 Å². The first-order valence-electron chi connectivity index (χ1n) is 5.56. The predicted molar refractivity (Wildman–Crippen MR) is 61.4 cm³/mol. The second-order valence-electron chi connectivity index (χ2n) is 4.15. The number of piperidine rings is 1. The van der Waals surface area contributed by atoms with Crippen LogP contribution in [0, 0.1) is 0 Å². The summed E-state index contributed by atoms with van der Waals surface area (Å²) in [4.78, 5) is 26.3. The number of thioether (sulfide) groups is 1. The van der Waals surface area contributed by atoms with E-state index in [2.05, 4.69) is 0 Å². The molecule has 2 aliphatic rings. The predicted octanol–water partition coefficient (Wildman–Crippen LogP) is 1.05. The van der Waals surface area contributed by atoms with Crippen molar-refractivity contribution < 1.29 is 14.7 Å². The first-order valence-corrected chi connectivity index (χ1v) is 6.71. The average molecular weight is 244 g/mol. The summed E-state index contributed by atoms with van der Waals surface area (Å²) >= 11 is 1.51. The Balaban J connectivity index is 1.99. The van der Waals surface area contributed by atoms with Crippen molar-refractivity contribution in [2.45, 2.75) is 25.3 Å². The van der Waals surface area contributed by atoms with Crippen LogP contribution in [0.15, 0.2) is 0 Å². The molecule has 1 atom stereocenters. The first-order chi connectivity index (χ1) is 7.70. The summed E-state index contributed by atoms with van der Waals surface area (Å²) in [5.74, 6) is 0.122. The summed E-state index contributed by atoms with van der Waals surface area (Å²) in [5, 5.41) is 9.01. The first kappa shape index (κ1) is 11.6. The van der Waals surface area contributed by atoms with E-state index in [4.69, 9.17) is 5.11 Å². The Morgan fingerprint density at radius 2 is 1.88 bits per heavy atom. The molecule has 0 radical (unpaired) electrons. The van der Waals surface area contributed by atoms with Gasteiger partial charge in [0.2, 0.25) is 0 Å². The molecule has 2 saturated heterocycles. The van der Waals surface area contributed by atoms with E-state index in [1.165, 1.54) is 23.1 Å². The highest BCUT2D eigenvalue weighted by atomic mass is 32.2. The van der Waals surface area contributed by atoms with Gasteiger partial charge < -0.3 is 14.9 Å². The number of hydrogen-bond acceptors (Lipinski definition) is 3. The number of carbonyl (C=O) groups is 2. The lowest BCUT2D eigenvalue weighted by atomic mass is 10.1. The molecule has 0 aromatic rings. The quantitative estimate of drug-likeness (QED) is 0.749. The third kappa shape index (κ3) is 2.26. The molecule has 0 spiro atoms. The highest BCUT2D eigenvalue weighted by Crippen LogP contribution is 2.23. The summed E-state index contributed by atoms with van der Waals surface area (Å²) in [6, 6.07) is -0.739. The van der Waals surface area contributed by atoms with Gasteiger partial charge in [0.15, 0.2) is 0 Å². The maximum Gasteiger partial charge on any atom is 0.327 e. The van der Waals surface area contributed by atoms with Gasteiger partial charge in [0.25, 0.3) is 0 Å². The van der Waals surface area contributed by atoms with E-state index in [9.17, 15) is 9.59 Å². The van der Waals surface area contributed by atoms with Crippen LogP contribution in [-0.4, -0.2) is 57.7 Å². The number of carboxylic acids is 1. The number of amides is 2. The van der Waals surface area contributed by atoms with E-state index in [1.807, 2.05) is 0 Å². The third-order valence-corrected chi connectivity index (χ3v) is 4.05. The highest BCUT2D eigenvalue weighted by molar-refractivity contribution is 7.99. The van der Waals surface area contributed by atoms with Crippen molar-refractivity contribution in [3.8, 4) is 0 Å². The number of rotatable bonds is 1. The van der Waals surface area contributed by atoms with E-state index < -0.39 is 12.0 Å². The molecule has 1 N–H and O–H groups in total. The highest BCUT2D eigenvalue weighted by Gasteiger charge is 2.36. The number of carbonyl (C=O) groups excluding carboxylic acids is 1. The number of nitrogens with zero attached hydrogens (tertiary/aromatic N) is 2. The van der Waals surface area contributed by atoms with Crippen LogP contribution in [0.5, 0.6) is 0 Å². The van der Waals surface area contributed by atoms with Gasteiger partial charge in [0, 0.05) is 18.8 Å². The molecule has 2 fully saturated rings. The number of likely N-dealkylation sites (tertiary alicyclic amines) is 1. The van der Waals surface area contributed by atoms with Crippen LogP contribution in [0.25, 0.3) is 0 Å². The van der Waals surface area contributed by atoms with Crippen LogP contribution in [-0.2, 0) is 4.79 Å². The van der Waals surface area contributed by atoms with E-state index >= 15 is 0 Å². The van der Waals surface area contributed by atoms with Gasteiger partial charge in [-0.3, -0.25) is 0 Å². The van der Waals surface area contributed by atoms with Crippen molar-refractivity contribution in [1.29, 1.82) is 0 Å². The zero-order chi connectivity index (χ0) is 11.5. The molecule has 2 aliphatic heterocycles. The molecule has 0 aromatic heterocycles. The summed E-state index contributed by atoms with van der Waals surface area (Å²) in [6.45, 7) is 1.54. The fraction of sp³-hybridized carbons (Fsp3) is 0.800. The Kier molecular flexibility index (Phi) is 3.58. The van der Waals surface area contributed by atoms with Crippen molar-refractivity contribution >= 4 is 23.8 Å². The minimum absolute atomic E-state index is 0.0999. The Labute approximate surface area is 98.8 Å². The molecular formula is C10H16N2O3S. The Bertz CT molecular complexity index is 292. The zero-order valence-corrected chi connectivity index (χ0v) is 9.91. The standard InChI is InChI=1S/C10H16N2O3S/c13-9(14)8-6-16-7-12(8)10(15)11-4-2-1-3-5-11/h8H,1-7H2,(H,13,14)/t8-/m0/s1. The van der Waals surface area contributed by atoms with Gasteiger partial charge >= 0.3 is 12.0 Å². The summed E-state index contributed by atoms with van der Waals surface area (Å²) in [5.41, 5.74) is 0. The van der Waals surface area contributed by atoms with Crippen molar-refractivity contribution in [1.82, 2.24) is 9.80 Å². The van der Waals surface area contributed by atoms with E-state index in [-0.39, 0.29) is 6.03 Å². The minimum atomic E-state index is -0.893. The molecular weight excluding hydrogens is 228 g/mol. The lowest BCUT2D eigenvalue weighted by molar-refractivity contribution is -0.140. The summed E-state index contributed by atoms with van der Waals surface area (Å²) in [6.07, 6.45) is 3.23. The molecule has 0 saturated carbocycles. The number of urea groups is 1. The lowest BCUT2D eigenvalue weighted by Gasteiger charge is -2.32. The van der Waals surface area contributed by atoms with Crippen molar-refractivity contribution in [3.05, 3.63) is 0 Å². The Morgan fingerprint density at radius 1 is 1.19 bits per heavy atom. The second kappa shape index (κ2) is 4.95. The smallest absolute Gasteiger partial charge is 0.327 e. The number of carboxylic acid groups (broad SMARTS) is 1. The van der Waals surface area contributed by atoms with Crippen molar-refractivity contribution in [2.75, 3.05) is 24.7 Å². The van der Waals surface area contributed by atoms with Gasteiger partial charge in [-0.15, -0.1) is 11.8 Å². The number of aliphatic carboxylic acids is 1. The van der Waals surface area contributed by atoms with Crippen LogP contribution in [0.3, 0.4) is 0 Å². The van der Waals surface area contributed by atoms with E-state index in [1.54, 1.807) is 4.90 Å². The molecule has 6 heteroatoms. The molecule has 5 nitrogen and oxygen atoms in total. The summed E-state index contributed by atoms with van der Waals surface area (Å²) in [7, 11) is 0. The van der Waals surface area contributed by atoms with Crippen molar-refractivity contribution in [2.24, 2.45) is 0 Å². The van der Waals surface area contributed by atoms with Crippen molar-refractivity contribution in [3.63, 3.8) is 0 Å². The topological polar surface area (TPSA) is 60.9 Å². The van der Waals surface area contributed by atoms with Gasteiger partial charge in [-0.25, -0.2) is 9.59 Å². The molecule has 16 heavy (non-hydrogen) atoms. The molecule has 90 valence electrons. The Morgan fingerprint density at radius 3 is 2.50 bits per heavy atom. The summed E-state index contributed by atoms with van der Waals surface area (Å²) < 4.78 is 0. The minimum Gasteiger partial charge on any atom is -0.480 e. The molecule has 2 heterocycles. The molecule has 0 aromatic carbocycles. The molecule has 0 bridgehead atoms. The van der Waals surface area contributed by atoms with Gasteiger partial charge in [0.1, 0.15) is 6.04 Å². The fourth-order valence-electron chi connectivity index (χ4n) is 2.10. The average Bonchev–Trinajstić information content (AvgIpc) is 2.78. The monoisotopic (exact) mass is 244 g/mol. The maximum absolute atomic E-state index is 12.1. The molecule has 2 amide bonds. The normalized spacial score (nSPS) is 25.9.